The smallest absolute Gasteiger partial charge is 0.161 e. The summed E-state index contributed by atoms with van der Waals surface area (Å²) in [7, 11) is 0. The average Bonchev–Trinajstić information content (AvgIpc) is 2.45. The second-order valence-electron chi connectivity index (χ2n) is 5.27. The Morgan fingerprint density at radius 1 is 1.14 bits per heavy atom. The Labute approximate surface area is 132 Å². The first-order valence-electron chi connectivity index (χ1n) is 6.85. The van der Waals surface area contributed by atoms with E-state index in [-0.39, 0.29) is 16.7 Å². The van der Waals surface area contributed by atoms with Crippen LogP contribution in [0.1, 0.15) is 21.5 Å². The molecule has 0 bridgehead atoms. The second kappa shape index (κ2) is 5.68. The number of fused-ring (bicyclic) bond motifs is 1. The first-order chi connectivity index (χ1) is 10.1. The molecule has 110 valence electrons. The highest BCUT2D eigenvalue weighted by atomic mass is 79.9. The molecule has 0 saturated heterocycles. The lowest BCUT2D eigenvalue weighted by atomic mass is 9.97. The predicted octanol–water partition coefficient (Wildman–Crippen LogP) is 4.72. The maximum absolute atomic E-state index is 13.4. The van der Waals surface area contributed by atoms with Crippen LogP contribution in [0.15, 0.2) is 36.4 Å². The van der Waals surface area contributed by atoms with Gasteiger partial charge in [0, 0.05) is 0 Å². The highest BCUT2D eigenvalue weighted by Gasteiger charge is 2.30. The third-order valence-corrected chi connectivity index (χ3v) is 4.74. The summed E-state index contributed by atoms with van der Waals surface area (Å²) in [6.45, 7) is 4.29. The van der Waals surface area contributed by atoms with E-state index >= 15 is 0 Å². The van der Waals surface area contributed by atoms with E-state index in [2.05, 4.69) is 15.9 Å². The van der Waals surface area contributed by atoms with Gasteiger partial charge in [-0.25, -0.2) is 4.39 Å². The molecule has 0 N–H and O–H groups in total. The number of hydrogen-bond donors (Lipinski definition) is 0. The summed E-state index contributed by atoms with van der Waals surface area (Å²) in [6.07, 6.45) is -0.150. The number of rotatable bonds is 2. The normalized spacial score (nSPS) is 18.4. The molecule has 21 heavy (non-hydrogen) atoms. The van der Waals surface area contributed by atoms with E-state index in [1.807, 2.05) is 38.1 Å². The highest BCUT2D eigenvalue weighted by Crippen LogP contribution is 2.39. The fourth-order valence-corrected chi connectivity index (χ4v) is 3.71. The number of benzene rings is 2. The van der Waals surface area contributed by atoms with Crippen molar-refractivity contribution in [3.8, 4) is 11.5 Å². The van der Waals surface area contributed by atoms with Crippen LogP contribution in [-0.4, -0.2) is 12.7 Å². The molecular formula is C17H16BrFO2. The molecule has 0 spiro atoms. The summed E-state index contributed by atoms with van der Waals surface area (Å²) in [5, 5.41) is 0. The van der Waals surface area contributed by atoms with Gasteiger partial charge in [0.05, 0.1) is 4.83 Å². The van der Waals surface area contributed by atoms with Crippen molar-refractivity contribution in [3.05, 3.63) is 58.9 Å². The van der Waals surface area contributed by atoms with Crippen molar-refractivity contribution in [3.63, 3.8) is 0 Å². The average molecular weight is 351 g/mol. The molecule has 2 aromatic carbocycles. The van der Waals surface area contributed by atoms with Crippen LogP contribution in [0.3, 0.4) is 0 Å². The number of para-hydroxylation sites is 2. The van der Waals surface area contributed by atoms with Crippen LogP contribution < -0.4 is 9.47 Å². The second-order valence-corrected chi connectivity index (χ2v) is 6.26. The Kier molecular flexibility index (Phi) is 3.89. The molecule has 2 unspecified atom stereocenters. The maximum Gasteiger partial charge on any atom is 0.161 e. The van der Waals surface area contributed by atoms with E-state index in [0.29, 0.717) is 6.61 Å². The van der Waals surface area contributed by atoms with Gasteiger partial charge in [-0.3, -0.25) is 0 Å². The predicted molar refractivity (Wildman–Crippen MR) is 83.9 cm³/mol. The van der Waals surface area contributed by atoms with E-state index in [1.54, 1.807) is 12.1 Å². The van der Waals surface area contributed by atoms with Gasteiger partial charge in [0.1, 0.15) is 18.5 Å². The summed E-state index contributed by atoms with van der Waals surface area (Å²) in [5.41, 5.74) is 2.89. The van der Waals surface area contributed by atoms with Crippen LogP contribution in [0.2, 0.25) is 0 Å². The van der Waals surface area contributed by atoms with Gasteiger partial charge in [-0.2, -0.15) is 0 Å². The first kappa shape index (κ1) is 14.4. The van der Waals surface area contributed by atoms with Crippen LogP contribution in [0.4, 0.5) is 4.39 Å². The Hall–Kier alpha value is -1.55. The SMILES string of the molecule is Cc1cc(F)cc(C)c1C(Br)C1COc2ccccc2O1. The van der Waals surface area contributed by atoms with Crippen LogP contribution in [0.25, 0.3) is 0 Å². The molecule has 0 amide bonds. The Bertz CT molecular complexity index is 649. The van der Waals surface area contributed by atoms with Crippen molar-refractivity contribution < 1.29 is 13.9 Å². The largest absolute Gasteiger partial charge is 0.486 e. The Morgan fingerprint density at radius 3 is 2.43 bits per heavy atom. The summed E-state index contributed by atoms with van der Waals surface area (Å²) in [5.74, 6) is 1.30. The monoisotopic (exact) mass is 350 g/mol. The van der Waals surface area contributed by atoms with Crippen molar-refractivity contribution in [1.82, 2.24) is 0 Å². The molecule has 2 atom stereocenters. The number of ether oxygens (including phenoxy) is 2. The third kappa shape index (κ3) is 2.77. The van der Waals surface area contributed by atoms with Crippen LogP contribution in [-0.2, 0) is 0 Å². The van der Waals surface area contributed by atoms with E-state index in [9.17, 15) is 4.39 Å². The number of aryl methyl sites for hydroxylation is 2. The van der Waals surface area contributed by atoms with Crippen molar-refractivity contribution in [1.29, 1.82) is 0 Å². The fourth-order valence-electron chi connectivity index (χ4n) is 2.72. The summed E-state index contributed by atoms with van der Waals surface area (Å²) >= 11 is 3.70. The topological polar surface area (TPSA) is 18.5 Å². The van der Waals surface area contributed by atoms with Crippen LogP contribution in [0, 0.1) is 19.7 Å². The molecule has 0 radical (unpaired) electrons. The van der Waals surface area contributed by atoms with Gasteiger partial charge in [-0.15, -0.1) is 0 Å². The molecule has 1 heterocycles. The Balaban J connectivity index is 1.89. The zero-order chi connectivity index (χ0) is 15.0. The molecule has 2 aromatic rings. The van der Waals surface area contributed by atoms with E-state index < -0.39 is 0 Å². The molecule has 1 aliphatic rings. The maximum atomic E-state index is 13.4. The summed E-state index contributed by atoms with van der Waals surface area (Å²) in [4.78, 5) is -0.0496. The van der Waals surface area contributed by atoms with Crippen LogP contribution in [0.5, 0.6) is 11.5 Å². The minimum absolute atomic E-state index is 0.0496. The minimum atomic E-state index is -0.209. The van der Waals surface area contributed by atoms with Crippen molar-refractivity contribution in [2.75, 3.05) is 6.61 Å². The standard InChI is InChI=1S/C17H16BrFO2/c1-10-7-12(19)8-11(2)16(10)17(18)15-9-20-13-5-3-4-6-14(13)21-15/h3-8,15,17H,9H2,1-2H3. The lowest BCUT2D eigenvalue weighted by Crippen LogP contribution is -2.33. The van der Waals surface area contributed by atoms with Crippen molar-refractivity contribution >= 4 is 15.9 Å². The zero-order valence-electron chi connectivity index (χ0n) is 11.9. The van der Waals surface area contributed by atoms with Gasteiger partial charge in [-0.1, -0.05) is 28.1 Å². The summed E-state index contributed by atoms with van der Waals surface area (Å²) < 4.78 is 25.2. The zero-order valence-corrected chi connectivity index (χ0v) is 13.5. The van der Waals surface area contributed by atoms with Crippen molar-refractivity contribution in [2.24, 2.45) is 0 Å². The molecule has 2 nitrogen and oxygen atoms in total. The van der Waals surface area contributed by atoms with Crippen molar-refractivity contribution in [2.45, 2.75) is 24.8 Å². The first-order valence-corrected chi connectivity index (χ1v) is 7.77. The Morgan fingerprint density at radius 2 is 1.76 bits per heavy atom. The van der Waals surface area contributed by atoms with Gasteiger partial charge in [-0.05, 0) is 54.8 Å². The summed E-state index contributed by atoms with van der Waals surface area (Å²) in [6, 6.07) is 10.7. The van der Waals surface area contributed by atoms with Gasteiger partial charge in [0.15, 0.2) is 11.5 Å². The number of alkyl halides is 1. The van der Waals surface area contributed by atoms with Crippen LogP contribution >= 0.6 is 15.9 Å². The molecular weight excluding hydrogens is 335 g/mol. The highest BCUT2D eigenvalue weighted by molar-refractivity contribution is 9.09. The van der Waals surface area contributed by atoms with Gasteiger partial charge in [0.2, 0.25) is 0 Å². The quantitative estimate of drug-likeness (QED) is 0.729. The molecule has 4 heteroatoms. The van der Waals surface area contributed by atoms with Gasteiger partial charge >= 0.3 is 0 Å². The molecule has 1 aliphatic heterocycles. The van der Waals surface area contributed by atoms with E-state index in [1.165, 1.54) is 0 Å². The van der Waals surface area contributed by atoms with E-state index in [0.717, 1.165) is 28.2 Å². The fraction of sp³-hybridized carbons (Fsp3) is 0.294. The molecule has 0 saturated carbocycles. The molecule has 3 rings (SSSR count). The van der Waals surface area contributed by atoms with E-state index in [4.69, 9.17) is 9.47 Å². The molecule has 0 fully saturated rings. The molecule has 0 aliphatic carbocycles. The lowest BCUT2D eigenvalue weighted by molar-refractivity contribution is 0.0902. The third-order valence-electron chi connectivity index (χ3n) is 3.69. The minimum Gasteiger partial charge on any atom is -0.486 e. The van der Waals surface area contributed by atoms with Gasteiger partial charge < -0.3 is 9.47 Å². The van der Waals surface area contributed by atoms with Gasteiger partial charge in [0.25, 0.3) is 0 Å². The molecule has 0 aromatic heterocycles. The number of hydrogen-bond acceptors (Lipinski definition) is 2. The lowest BCUT2D eigenvalue weighted by Gasteiger charge is -2.31. The number of halogens is 2.